The minimum absolute atomic E-state index is 0.193. The highest BCUT2D eigenvalue weighted by Crippen LogP contribution is 2.30. The smallest absolute Gasteiger partial charge is 0.318 e. The van der Waals surface area contributed by atoms with Crippen LogP contribution in [0.1, 0.15) is 53.9 Å². The summed E-state index contributed by atoms with van der Waals surface area (Å²) in [5.41, 5.74) is 6.20. The minimum Gasteiger partial charge on any atom is -0.361 e. The van der Waals surface area contributed by atoms with Gasteiger partial charge in [0.15, 0.2) is 0 Å². The summed E-state index contributed by atoms with van der Waals surface area (Å²) in [7, 11) is 4.05. The Morgan fingerprint density at radius 1 is 1.00 bits per heavy atom. The highest BCUT2D eigenvalue weighted by atomic mass is 16.2. The molecule has 1 aromatic heterocycles. The van der Waals surface area contributed by atoms with E-state index in [1.165, 1.54) is 5.56 Å². The van der Waals surface area contributed by atoms with E-state index in [0.29, 0.717) is 19.0 Å². The van der Waals surface area contributed by atoms with Crippen molar-refractivity contribution in [2.75, 3.05) is 32.5 Å². The molecule has 1 saturated heterocycles. The van der Waals surface area contributed by atoms with Gasteiger partial charge >= 0.3 is 6.03 Å². The zero-order chi connectivity index (χ0) is 28.9. The summed E-state index contributed by atoms with van der Waals surface area (Å²) in [6, 6.07) is 23.8. The van der Waals surface area contributed by atoms with Gasteiger partial charge in [-0.3, -0.25) is 4.79 Å². The maximum atomic E-state index is 14.0. The number of benzene rings is 3. The second-order valence-electron chi connectivity index (χ2n) is 11.6. The van der Waals surface area contributed by atoms with Gasteiger partial charge in [0.25, 0.3) is 0 Å². The number of aryl methyl sites for hydroxylation is 1. The molecule has 0 aliphatic carbocycles. The summed E-state index contributed by atoms with van der Waals surface area (Å²) in [6.45, 7) is 6.09. The summed E-state index contributed by atoms with van der Waals surface area (Å²) < 4.78 is 0. The van der Waals surface area contributed by atoms with Crippen LogP contribution in [0, 0.1) is 6.92 Å². The Morgan fingerprint density at radius 2 is 1.71 bits per heavy atom. The molecule has 4 aromatic rings. The number of likely N-dealkylation sites (tertiary alicyclic amines) is 1. The Kier molecular flexibility index (Phi) is 8.74. The minimum atomic E-state index is -0.759. The van der Waals surface area contributed by atoms with Crippen molar-refractivity contribution in [2.24, 2.45) is 0 Å². The number of hydrogen-bond acceptors (Lipinski definition) is 3. The second-order valence-corrected chi connectivity index (χ2v) is 11.6. The highest BCUT2D eigenvalue weighted by Gasteiger charge is 2.32. The quantitative estimate of drug-likeness (QED) is 0.243. The van der Waals surface area contributed by atoms with Crippen LogP contribution in [0.4, 0.5) is 10.5 Å². The molecule has 7 nitrogen and oxygen atoms in total. The summed E-state index contributed by atoms with van der Waals surface area (Å²) >= 11 is 0. The van der Waals surface area contributed by atoms with Crippen molar-refractivity contribution in [3.63, 3.8) is 0 Å². The molecule has 3 amide bonds. The first-order valence-corrected chi connectivity index (χ1v) is 14.5. The Labute approximate surface area is 242 Å². The number of urea groups is 1. The van der Waals surface area contributed by atoms with Crippen molar-refractivity contribution in [1.29, 1.82) is 0 Å². The van der Waals surface area contributed by atoms with E-state index in [1.807, 2.05) is 75.4 Å². The van der Waals surface area contributed by atoms with E-state index in [2.05, 4.69) is 56.9 Å². The summed E-state index contributed by atoms with van der Waals surface area (Å²) in [5.74, 6) is -0.0375. The fraction of sp³-hybridized carbons (Fsp3) is 0.353. The third kappa shape index (κ3) is 6.63. The summed E-state index contributed by atoms with van der Waals surface area (Å²) in [5, 5.41) is 7.34. The molecule has 1 aliphatic heterocycles. The van der Waals surface area contributed by atoms with Crippen molar-refractivity contribution >= 4 is 28.5 Å². The average molecular weight is 552 g/mol. The molecule has 0 spiro atoms. The topological polar surface area (TPSA) is 80.5 Å². The normalized spacial score (nSPS) is 15.6. The standard InChI is InChI=1S/C34H41N5O2/c1-23-14-15-25(22-38(3)4)20-31(23)36-33(40)32(24(2)29-21-35-30-13-9-8-12-28(29)30)37-34(41)39-18-16-27(17-19-39)26-10-6-5-7-11-26/h5-15,20-21,24,27,32,35H,16-19,22H2,1-4H3,(H,36,40)(H,37,41)/t24-,32-/m1/s1. The van der Waals surface area contributed by atoms with Crippen molar-refractivity contribution < 1.29 is 9.59 Å². The predicted octanol–water partition coefficient (Wildman–Crippen LogP) is 6.24. The van der Waals surface area contributed by atoms with E-state index in [9.17, 15) is 9.59 Å². The van der Waals surface area contributed by atoms with E-state index in [-0.39, 0.29) is 17.9 Å². The zero-order valence-corrected chi connectivity index (χ0v) is 24.5. The molecule has 0 saturated carbocycles. The first kappa shape index (κ1) is 28.4. The number of aromatic nitrogens is 1. The van der Waals surface area contributed by atoms with E-state index in [4.69, 9.17) is 0 Å². The Bertz CT molecular complexity index is 1490. The third-order valence-electron chi connectivity index (χ3n) is 8.29. The number of piperidine rings is 1. The first-order valence-electron chi connectivity index (χ1n) is 14.5. The molecule has 2 heterocycles. The van der Waals surface area contributed by atoms with Crippen molar-refractivity contribution in [3.8, 4) is 0 Å². The fourth-order valence-corrected chi connectivity index (χ4v) is 5.91. The number of carbonyl (C=O) groups excluding carboxylic acids is 2. The molecule has 0 radical (unpaired) electrons. The number of rotatable bonds is 8. The summed E-state index contributed by atoms with van der Waals surface area (Å²) in [6.07, 6.45) is 3.77. The maximum Gasteiger partial charge on any atom is 0.318 e. The van der Waals surface area contributed by atoms with Crippen LogP contribution in [0.3, 0.4) is 0 Å². The van der Waals surface area contributed by atoms with Gasteiger partial charge < -0.3 is 25.4 Å². The lowest BCUT2D eigenvalue weighted by atomic mass is 9.89. The second kappa shape index (κ2) is 12.6. The van der Waals surface area contributed by atoms with E-state index in [1.54, 1.807) is 0 Å². The average Bonchev–Trinajstić information content (AvgIpc) is 3.42. The van der Waals surface area contributed by atoms with Gasteiger partial charge in [-0.1, -0.05) is 67.6 Å². The molecule has 5 rings (SSSR count). The van der Waals surface area contributed by atoms with Crippen molar-refractivity contribution in [2.45, 2.75) is 51.1 Å². The van der Waals surface area contributed by atoms with Gasteiger partial charge in [0.2, 0.25) is 5.91 Å². The van der Waals surface area contributed by atoms with Gasteiger partial charge in [-0.25, -0.2) is 4.79 Å². The molecule has 3 N–H and O–H groups in total. The molecule has 1 aliphatic rings. The Hall–Kier alpha value is -4.10. The van der Waals surface area contributed by atoms with Gasteiger partial charge in [-0.15, -0.1) is 0 Å². The van der Waals surface area contributed by atoms with Crippen LogP contribution in [-0.4, -0.2) is 59.9 Å². The van der Waals surface area contributed by atoms with E-state index >= 15 is 0 Å². The van der Waals surface area contributed by atoms with Gasteiger partial charge in [0.1, 0.15) is 6.04 Å². The Balaban J connectivity index is 1.36. The van der Waals surface area contributed by atoms with Crippen LogP contribution >= 0.6 is 0 Å². The van der Waals surface area contributed by atoms with Crippen LogP contribution in [0.5, 0.6) is 0 Å². The number of nitrogens with one attached hydrogen (secondary N) is 3. The SMILES string of the molecule is Cc1ccc(CN(C)C)cc1NC(=O)[C@H](NC(=O)N1CCC(c2ccccc2)CC1)[C@H](C)c1c[nH]c2ccccc12. The number of anilines is 1. The number of hydrogen-bond donors (Lipinski definition) is 3. The Morgan fingerprint density at radius 3 is 2.44 bits per heavy atom. The van der Waals surface area contributed by atoms with Crippen LogP contribution in [-0.2, 0) is 11.3 Å². The van der Waals surface area contributed by atoms with E-state index in [0.717, 1.165) is 52.7 Å². The van der Waals surface area contributed by atoms with Crippen LogP contribution in [0.25, 0.3) is 10.9 Å². The maximum absolute atomic E-state index is 14.0. The largest absolute Gasteiger partial charge is 0.361 e. The molecule has 7 heteroatoms. The number of amides is 3. The number of nitrogens with zero attached hydrogens (tertiary/aromatic N) is 2. The molecule has 0 bridgehead atoms. The lowest BCUT2D eigenvalue weighted by molar-refractivity contribution is -0.118. The molecular formula is C34H41N5O2. The predicted molar refractivity (Wildman–Crippen MR) is 166 cm³/mol. The first-order chi connectivity index (χ1) is 19.8. The van der Waals surface area contributed by atoms with E-state index < -0.39 is 6.04 Å². The third-order valence-corrected chi connectivity index (χ3v) is 8.29. The number of aromatic amines is 1. The lowest BCUT2D eigenvalue weighted by Crippen LogP contribution is -2.53. The van der Waals surface area contributed by atoms with Crippen LogP contribution < -0.4 is 10.6 Å². The van der Waals surface area contributed by atoms with Crippen molar-refractivity contribution in [1.82, 2.24) is 20.1 Å². The molecule has 0 unspecified atom stereocenters. The number of carbonyl (C=O) groups is 2. The van der Waals surface area contributed by atoms with Gasteiger partial charge in [-0.2, -0.15) is 0 Å². The van der Waals surface area contributed by atoms with Gasteiger partial charge in [-0.05, 0) is 74.2 Å². The van der Waals surface area contributed by atoms with Gasteiger partial charge in [0.05, 0.1) is 0 Å². The number of fused-ring (bicyclic) bond motifs is 1. The van der Waals surface area contributed by atoms with Crippen LogP contribution in [0.2, 0.25) is 0 Å². The monoisotopic (exact) mass is 551 g/mol. The molecule has 1 fully saturated rings. The molecule has 214 valence electrons. The lowest BCUT2D eigenvalue weighted by Gasteiger charge is -2.34. The zero-order valence-electron chi connectivity index (χ0n) is 24.5. The molecule has 2 atom stereocenters. The van der Waals surface area contributed by atoms with Crippen LogP contribution in [0.15, 0.2) is 79.0 Å². The molecule has 41 heavy (non-hydrogen) atoms. The highest BCUT2D eigenvalue weighted by molar-refractivity contribution is 5.99. The number of para-hydroxylation sites is 1. The molecule has 3 aromatic carbocycles. The molecular weight excluding hydrogens is 510 g/mol. The van der Waals surface area contributed by atoms with Crippen molar-refractivity contribution in [3.05, 3.63) is 101 Å². The fourth-order valence-electron chi connectivity index (χ4n) is 5.91. The summed E-state index contributed by atoms with van der Waals surface area (Å²) in [4.78, 5) is 34.8. The number of H-pyrrole nitrogens is 1. The van der Waals surface area contributed by atoms with Gasteiger partial charge in [0, 0.05) is 48.3 Å².